The number of imidazole rings is 1. The van der Waals surface area contributed by atoms with E-state index >= 15 is 0 Å². The molecule has 0 aliphatic carbocycles. The van der Waals surface area contributed by atoms with Crippen LogP contribution in [0.15, 0.2) is 69.1 Å². The van der Waals surface area contributed by atoms with Crippen molar-refractivity contribution in [2.75, 3.05) is 0 Å². The van der Waals surface area contributed by atoms with E-state index in [0.29, 0.717) is 27.1 Å². The van der Waals surface area contributed by atoms with Crippen LogP contribution in [-0.2, 0) is 0 Å². The number of nitrogens with zero attached hydrogens (tertiary/aromatic N) is 2. The Balaban J connectivity index is 1.59. The molecule has 4 aromatic rings. The van der Waals surface area contributed by atoms with Gasteiger partial charge in [-0.25, -0.2) is 9.78 Å². The second-order valence-corrected chi connectivity index (χ2v) is 7.42. The molecule has 0 amide bonds. The van der Waals surface area contributed by atoms with Crippen LogP contribution < -0.4 is 0 Å². The molecule has 0 saturated carbocycles. The van der Waals surface area contributed by atoms with Crippen molar-refractivity contribution in [1.82, 2.24) is 9.97 Å². The van der Waals surface area contributed by atoms with Crippen LogP contribution in [-0.4, -0.2) is 21.0 Å². The van der Waals surface area contributed by atoms with Crippen molar-refractivity contribution in [2.24, 2.45) is 0 Å². The molecule has 2 aromatic heterocycles. The maximum Gasteiger partial charge on any atom is 0.337 e. The molecule has 0 aliphatic rings. The van der Waals surface area contributed by atoms with E-state index in [-0.39, 0.29) is 10.6 Å². The molecule has 0 saturated heterocycles. The van der Waals surface area contributed by atoms with Gasteiger partial charge in [0, 0.05) is 11.6 Å². The minimum Gasteiger partial charge on any atom is -0.478 e. The van der Waals surface area contributed by atoms with E-state index in [1.54, 1.807) is 24.3 Å². The quantitative estimate of drug-likeness (QED) is 0.310. The Hall–Kier alpha value is -3.47. The number of nitriles is 1. The highest BCUT2D eigenvalue weighted by molar-refractivity contribution is 8.03. The number of aromatic carboxylic acids is 1. The second-order valence-electron chi connectivity index (χ2n) is 5.98. The van der Waals surface area contributed by atoms with Gasteiger partial charge in [0.2, 0.25) is 0 Å². The average molecular weight is 422 g/mol. The van der Waals surface area contributed by atoms with Crippen LogP contribution in [0.1, 0.15) is 16.1 Å². The Kier molecular flexibility index (Phi) is 5.12. The highest BCUT2D eigenvalue weighted by Crippen LogP contribution is 2.30. The van der Waals surface area contributed by atoms with Crippen molar-refractivity contribution in [3.05, 3.63) is 75.8 Å². The lowest BCUT2D eigenvalue weighted by molar-refractivity contribution is 0.0697. The van der Waals surface area contributed by atoms with Crippen molar-refractivity contribution in [2.45, 2.75) is 5.16 Å². The number of carbonyl (C=O) groups is 1. The number of carboxylic acids is 1. The summed E-state index contributed by atoms with van der Waals surface area (Å²) in [5, 5.41) is 19.4. The van der Waals surface area contributed by atoms with Crippen LogP contribution in [0, 0.1) is 11.3 Å². The number of allylic oxidation sites excluding steroid dienone is 1. The highest BCUT2D eigenvalue weighted by atomic mass is 35.5. The maximum atomic E-state index is 11.3. The van der Waals surface area contributed by atoms with Crippen LogP contribution in [0.25, 0.3) is 28.4 Å². The number of fused-ring (bicyclic) bond motifs is 1. The molecule has 142 valence electrons. The number of thioether (sulfide) groups is 1. The molecule has 2 heterocycles. The molecule has 0 atom stereocenters. The summed E-state index contributed by atoms with van der Waals surface area (Å²) < 4.78 is 5.77. The zero-order valence-corrected chi connectivity index (χ0v) is 16.3. The lowest BCUT2D eigenvalue weighted by Crippen LogP contribution is -1.97. The standard InChI is InChI=1S/C21H12ClN3O3S/c22-16-7-5-12(9-15(16)20(26)27)19-8-6-13(28-19)10-14(11-23)29-21-24-17-3-1-2-4-18(17)25-21/h1-10H,(H,24,25)(H,26,27)/b14-10+. The van der Waals surface area contributed by atoms with Gasteiger partial charge in [0.05, 0.1) is 26.5 Å². The lowest BCUT2D eigenvalue weighted by atomic mass is 10.1. The van der Waals surface area contributed by atoms with Gasteiger partial charge in [-0.05, 0) is 54.2 Å². The Morgan fingerprint density at radius 1 is 1.24 bits per heavy atom. The van der Waals surface area contributed by atoms with Crippen LogP contribution in [0.2, 0.25) is 5.02 Å². The van der Waals surface area contributed by atoms with Crippen molar-refractivity contribution in [1.29, 1.82) is 5.26 Å². The first-order valence-electron chi connectivity index (χ1n) is 8.41. The van der Waals surface area contributed by atoms with Gasteiger partial charge in [-0.15, -0.1) is 0 Å². The van der Waals surface area contributed by atoms with Gasteiger partial charge in [0.1, 0.15) is 17.6 Å². The number of hydrogen-bond donors (Lipinski definition) is 2. The summed E-state index contributed by atoms with van der Waals surface area (Å²) in [7, 11) is 0. The molecular formula is C21H12ClN3O3S. The van der Waals surface area contributed by atoms with Crippen LogP contribution in [0.5, 0.6) is 0 Å². The molecule has 2 aromatic carbocycles. The fourth-order valence-corrected chi connectivity index (χ4v) is 3.66. The molecule has 0 fully saturated rings. The molecule has 0 bridgehead atoms. The number of aromatic nitrogens is 2. The number of hydrogen-bond acceptors (Lipinski definition) is 5. The number of para-hydroxylation sites is 2. The number of H-pyrrole nitrogens is 1. The zero-order chi connectivity index (χ0) is 20.4. The van der Waals surface area contributed by atoms with Crippen LogP contribution in [0.3, 0.4) is 0 Å². The Labute approximate surface area is 174 Å². The fraction of sp³-hybridized carbons (Fsp3) is 0. The number of rotatable bonds is 5. The predicted octanol–water partition coefficient (Wildman–Crippen LogP) is 5.83. The van der Waals surface area contributed by atoms with Crippen molar-refractivity contribution in [3.8, 4) is 17.4 Å². The Bertz CT molecular complexity index is 1270. The number of nitrogens with one attached hydrogen (secondary N) is 1. The van der Waals surface area contributed by atoms with Gasteiger partial charge in [0.15, 0.2) is 5.16 Å². The SMILES string of the molecule is N#C/C(=C\c1ccc(-c2ccc(Cl)c(C(=O)O)c2)o1)Sc1nc2ccccc2[nH]1. The highest BCUT2D eigenvalue weighted by Gasteiger charge is 2.13. The van der Waals surface area contributed by atoms with Gasteiger partial charge < -0.3 is 14.5 Å². The van der Waals surface area contributed by atoms with E-state index in [0.717, 1.165) is 11.0 Å². The summed E-state index contributed by atoms with van der Waals surface area (Å²) in [4.78, 5) is 19.3. The summed E-state index contributed by atoms with van der Waals surface area (Å²) in [6, 6.07) is 17.8. The molecular weight excluding hydrogens is 410 g/mol. The van der Waals surface area contributed by atoms with E-state index in [2.05, 4.69) is 16.0 Å². The van der Waals surface area contributed by atoms with E-state index in [4.69, 9.17) is 16.0 Å². The third-order valence-electron chi connectivity index (χ3n) is 4.07. The molecule has 0 radical (unpaired) electrons. The maximum absolute atomic E-state index is 11.3. The number of aromatic amines is 1. The summed E-state index contributed by atoms with van der Waals surface area (Å²) in [5.74, 6) is -0.175. The van der Waals surface area contributed by atoms with E-state index in [1.165, 1.54) is 23.9 Å². The summed E-state index contributed by atoms with van der Waals surface area (Å²) in [6.07, 6.45) is 1.61. The van der Waals surface area contributed by atoms with Crippen LogP contribution in [0.4, 0.5) is 0 Å². The predicted molar refractivity (Wildman–Crippen MR) is 112 cm³/mol. The first kappa shape index (κ1) is 18.9. The average Bonchev–Trinajstić information content (AvgIpc) is 3.34. The number of furan rings is 1. The molecule has 0 aliphatic heterocycles. The van der Waals surface area contributed by atoms with Gasteiger partial charge in [-0.3, -0.25) is 0 Å². The third-order valence-corrected chi connectivity index (χ3v) is 5.21. The molecule has 6 nitrogen and oxygen atoms in total. The number of halogens is 1. The van der Waals surface area contributed by atoms with E-state index in [1.807, 2.05) is 24.3 Å². The van der Waals surface area contributed by atoms with Gasteiger partial charge >= 0.3 is 5.97 Å². The largest absolute Gasteiger partial charge is 0.478 e. The lowest BCUT2D eigenvalue weighted by Gasteiger charge is -2.02. The van der Waals surface area contributed by atoms with Gasteiger partial charge in [-0.1, -0.05) is 23.7 Å². The summed E-state index contributed by atoms with van der Waals surface area (Å²) in [6.45, 7) is 0. The van der Waals surface area contributed by atoms with Crippen molar-refractivity contribution in [3.63, 3.8) is 0 Å². The van der Waals surface area contributed by atoms with Crippen molar-refractivity contribution < 1.29 is 14.3 Å². The van der Waals surface area contributed by atoms with Gasteiger partial charge in [0.25, 0.3) is 0 Å². The minimum absolute atomic E-state index is 0.00388. The minimum atomic E-state index is -1.11. The van der Waals surface area contributed by atoms with E-state index < -0.39 is 5.97 Å². The smallest absolute Gasteiger partial charge is 0.337 e. The molecule has 4 rings (SSSR count). The third kappa shape index (κ3) is 4.04. The molecule has 0 unspecified atom stereocenters. The fourth-order valence-electron chi connectivity index (χ4n) is 2.72. The summed E-state index contributed by atoms with van der Waals surface area (Å²) >= 11 is 7.11. The summed E-state index contributed by atoms with van der Waals surface area (Å²) in [5.41, 5.74) is 2.29. The topological polar surface area (TPSA) is 103 Å². The normalized spacial score (nSPS) is 11.5. The molecule has 0 spiro atoms. The van der Waals surface area contributed by atoms with E-state index in [9.17, 15) is 15.2 Å². The molecule has 2 N–H and O–H groups in total. The van der Waals surface area contributed by atoms with Crippen molar-refractivity contribution >= 4 is 46.4 Å². The Morgan fingerprint density at radius 3 is 2.83 bits per heavy atom. The zero-order valence-electron chi connectivity index (χ0n) is 14.7. The molecule has 8 heteroatoms. The van der Waals surface area contributed by atoms with Gasteiger partial charge in [-0.2, -0.15) is 5.26 Å². The molecule has 29 heavy (non-hydrogen) atoms. The number of carboxylic acid groups (broad SMARTS) is 1. The first-order valence-corrected chi connectivity index (χ1v) is 9.60. The monoisotopic (exact) mass is 421 g/mol. The first-order chi connectivity index (χ1) is 14.0. The number of benzene rings is 2. The van der Waals surface area contributed by atoms with Crippen LogP contribution >= 0.6 is 23.4 Å². The Morgan fingerprint density at radius 2 is 2.07 bits per heavy atom. The second kappa shape index (κ2) is 7.87.